The minimum absolute atomic E-state index is 0.226. The second-order valence-electron chi connectivity index (χ2n) is 2.77. The average Bonchev–Trinajstić information content (AvgIpc) is 2.13. The number of benzene rings is 1. The molecular formula is C9H11NO3S. The first-order valence-corrected chi connectivity index (χ1v) is 5.76. The quantitative estimate of drug-likeness (QED) is 0.565. The van der Waals surface area contributed by atoms with Crippen LogP contribution in [0.4, 0.5) is 5.69 Å². The Morgan fingerprint density at radius 1 is 1.43 bits per heavy atom. The Hall–Kier alpha value is -1.07. The fourth-order valence-corrected chi connectivity index (χ4v) is 1.44. The number of rotatable bonds is 5. The van der Waals surface area contributed by atoms with Crippen molar-refractivity contribution in [2.75, 3.05) is 17.6 Å². The monoisotopic (exact) mass is 213 g/mol. The molecule has 2 radical (unpaired) electrons. The summed E-state index contributed by atoms with van der Waals surface area (Å²) in [4.78, 5) is 0. The van der Waals surface area contributed by atoms with Crippen LogP contribution in [0.2, 0.25) is 0 Å². The van der Waals surface area contributed by atoms with E-state index in [2.05, 4.69) is 17.4 Å². The summed E-state index contributed by atoms with van der Waals surface area (Å²) in [5.74, 6) is -0.226. The van der Waals surface area contributed by atoms with E-state index in [9.17, 15) is 8.42 Å². The summed E-state index contributed by atoms with van der Waals surface area (Å²) in [6.45, 7) is 0.480. The van der Waals surface area contributed by atoms with E-state index in [-0.39, 0.29) is 5.75 Å². The maximum Gasteiger partial charge on any atom is 0.264 e. The molecule has 4 nitrogen and oxygen atoms in total. The van der Waals surface area contributed by atoms with Crippen molar-refractivity contribution < 1.29 is 13.0 Å². The fraction of sp³-hybridized carbons (Fsp3) is 0.333. The average molecular weight is 213 g/mol. The van der Waals surface area contributed by atoms with E-state index in [0.717, 1.165) is 5.69 Å². The molecule has 0 spiro atoms. The summed E-state index contributed by atoms with van der Waals surface area (Å²) in [5, 5.41) is 2.95. The summed E-state index contributed by atoms with van der Waals surface area (Å²) in [6.07, 6.45) is 0.363. The lowest BCUT2D eigenvalue weighted by molar-refractivity contribution is 0.481. The van der Waals surface area contributed by atoms with Crippen molar-refractivity contribution in [1.29, 1.82) is 0 Å². The van der Waals surface area contributed by atoms with E-state index in [1.165, 1.54) is 0 Å². The summed E-state index contributed by atoms with van der Waals surface area (Å²) in [6, 6.07) is 10.9. The van der Waals surface area contributed by atoms with Crippen LogP contribution in [0.5, 0.6) is 0 Å². The number of hydrogen-bond donors (Lipinski definition) is 2. The summed E-state index contributed by atoms with van der Waals surface area (Å²) in [5.41, 5.74) is 0.767. The Morgan fingerprint density at radius 3 is 2.79 bits per heavy atom. The largest absolute Gasteiger partial charge is 0.384 e. The molecule has 0 aliphatic rings. The fourth-order valence-electron chi connectivity index (χ4n) is 0.932. The zero-order valence-corrected chi connectivity index (χ0v) is 8.34. The van der Waals surface area contributed by atoms with Gasteiger partial charge >= 0.3 is 0 Å². The highest BCUT2D eigenvalue weighted by molar-refractivity contribution is 7.85. The molecule has 0 aliphatic carbocycles. The molecule has 0 aromatic heterocycles. The van der Waals surface area contributed by atoms with Crippen LogP contribution >= 0.6 is 0 Å². The highest BCUT2D eigenvalue weighted by Crippen LogP contribution is 2.03. The molecule has 0 saturated heterocycles. The van der Waals surface area contributed by atoms with Crippen LogP contribution in [-0.2, 0) is 10.1 Å². The van der Waals surface area contributed by atoms with Gasteiger partial charge in [-0.1, -0.05) is 12.1 Å². The molecule has 76 valence electrons. The SMILES string of the molecule is O=S(=O)(O)CCCNc1[c]cc[c]c1. The molecule has 1 aromatic rings. The third kappa shape index (κ3) is 4.84. The lowest BCUT2D eigenvalue weighted by Crippen LogP contribution is -2.10. The van der Waals surface area contributed by atoms with E-state index in [1.807, 2.05) is 0 Å². The number of anilines is 1. The normalized spacial score (nSPS) is 11.2. The van der Waals surface area contributed by atoms with Crippen LogP contribution in [0.25, 0.3) is 0 Å². The standard InChI is InChI=1S/C9H11NO3S/c11-14(12,13)8-4-7-10-9-5-2-1-3-6-9/h1-2,6,10H,4,7-8H2,(H,11,12,13). The predicted octanol–water partition coefficient (Wildman–Crippen LogP) is 0.977. The molecule has 0 unspecified atom stereocenters. The summed E-state index contributed by atoms with van der Waals surface area (Å²) >= 11 is 0. The molecule has 0 atom stereocenters. The minimum atomic E-state index is -3.84. The zero-order chi connectivity index (χ0) is 10.4. The third-order valence-corrected chi connectivity index (χ3v) is 2.35. The molecule has 1 aromatic carbocycles. The topological polar surface area (TPSA) is 66.4 Å². The van der Waals surface area contributed by atoms with Crippen molar-refractivity contribution in [3.63, 3.8) is 0 Å². The summed E-state index contributed by atoms with van der Waals surface area (Å²) < 4.78 is 29.2. The van der Waals surface area contributed by atoms with Crippen LogP contribution in [0.15, 0.2) is 18.2 Å². The zero-order valence-electron chi connectivity index (χ0n) is 7.53. The minimum Gasteiger partial charge on any atom is -0.384 e. The van der Waals surface area contributed by atoms with Gasteiger partial charge < -0.3 is 5.32 Å². The molecule has 0 bridgehead atoms. The molecule has 14 heavy (non-hydrogen) atoms. The van der Waals surface area contributed by atoms with Gasteiger partial charge in [0.05, 0.1) is 5.75 Å². The van der Waals surface area contributed by atoms with Crippen molar-refractivity contribution in [1.82, 2.24) is 0 Å². The molecule has 0 aliphatic heterocycles. The van der Waals surface area contributed by atoms with E-state index in [1.54, 1.807) is 18.2 Å². The maximum absolute atomic E-state index is 10.4. The second kappa shape index (κ2) is 4.97. The van der Waals surface area contributed by atoms with Gasteiger partial charge in [-0.15, -0.1) is 0 Å². The Bertz CT molecular complexity index is 361. The molecule has 2 N–H and O–H groups in total. The van der Waals surface area contributed by atoms with Crippen LogP contribution in [-0.4, -0.2) is 25.3 Å². The van der Waals surface area contributed by atoms with Gasteiger partial charge in [0.2, 0.25) is 0 Å². The Labute approximate surface area is 83.7 Å². The number of hydrogen-bond acceptors (Lipinski definition) is 3. The van der Waals surface area contributed by atoms with Crippen molar-refractivity contribution in [2.24, 2.45) is 0 Å². The van der Waals surface area contributed by atoms with Crippen LogP contribution in [0.1, 0.15) is 6.42 Å². The van der Waals surface area contributed by atoms with Gasteiger partial charge in [-0.3, -0.25) is 4.55 Å². The van der Waals surface area contributed by atoms with Crippen LogP contribution in [0.3, 0.4) is 0 Å². The van der Waals surface area contributed by atoms with Gasteiger partial charge in [-0.2, -0.15) is 8.42 Å². The number of nitrogens with one attached hydrogen (secondary N) is 1. The highest BCUT2D eigenvalue weighted by atomic mass is 32.2. The van der Waals surface area contributed by atoms with Crippen molar-refractivity contribution >= 4 is 15.8 Å². The van der Waals surface area contributed by atoms with Gasteiger partial charge in [-0.05, 0) is 18.6 Å². The first-order chi connectivity index (χ1) is 6.58. The first-order valence-electron chi connectivity index (χ1n) is 4.15. The van der Waals surface area contributed by atoms with Gasteiger partial charge in [0.15, 0.2) is 0 Å². The summed E-state index contributed by atoms with van der Waals surface area (Å²) in [7, 11) is -3.84. The Kier molecular flexibility index (Phi) is 3.91. The Balaban J connectivity index is 2.23. The lowest BCUT2D eigenvalue weighted by Gasteiger charge is -2.03. The maximum atomic E-state index is 10.4. The van der Waals surface area contributed by atoms with Crippen molar-refractivity contribution in [2.45, 2.75) is 6.42 Å². The van der Waals surface area contributed by atoms with Crippen molar-refractivity contribution in [3.05, 3.63) is 30.3 Å². The Morgan fingerprint density at radius 2 is 2.21 bits per heavy atom. The van der Waals surface area contributed by atoms with E-state index in [4.69, 9.17) is 4.55 Å². The molecule has 1 rings (SSSR count). The van der Waals surface area contributed by atoms with Gasteiger partial charge in [-0.25, -0.2) is 0 Å². The molecule has 0 heterocycles. The smallest absolute Gasteiger partial charge is 0.264 e. The van der Waals surface area contributed by atoms with E-state index in [0.29, 0.717) is 13.0 Å². The second-order valence-corrected chi connectivity index (χ2v) is 4.34. The van der Waals surface area contributed by atoms with Gasteiger partial charge in [0.1, 0.15) is 0 Å². The molecule has 0 amide bonds. The highest BCUT2D eigenvalue weighted by Gasteiger charge is 2.02. The van der Waals surface area contributed by atoms with E-state index >= 15 is 0 Å². The molecule has 0 saturated carbocycles. The lowest BCUT2D eigenvalue weighted by atomic mass is 10.3. The predicted molar refractivity (Wildman–Crippen MR) is 53.6 cm³/mol. The van der Waals surface area contributed by atoms with E-state index < -0.39 is 10.1 Å². The van der Waals surface area contributed by atoms with Gasteiger partial charge in [0, 0.05) is 18.3 Å². The van der Waals surface area contributed by atoms with Crippen molar-refractivity contribution in [3.8, 4) is 0 Å². The molecule has 0 fully saturated rings. The van der Waals surface area contributed by atoms with Gasteiger partial charge in [0.25, 0.3) is 10.1 Å². The molecular weight excluding hydrogens is 202 g/mol. The van der Waals surface area contributed by atoms with Crippen LogP contribution in [0, 0.1) is 12.1 Å². The first kappa shape index (κ1) is 11.0. The molecule has 5 heteroatoms. The third-order valence-electron chi connectivity index (χ3n) is 1.54. The van der Waals surface area contributed by atoms with Crippen LogP contribution < -0.4 is 5.32 Å².